The Balaban J connectivity index is 2.25. The number of piperidine rings is 1. The van der Waals surface area contributed by atoms with Crippen LogP contribution < -0.4 is 10.1 Å². The first-order valence-corrected chi connectivity index (χ1v) is 7.46. The molecule has 1 aromatic rings. The molecule has 0 radical (unpaired) electrons. The lowest BCUT2D eigenvalue weighted by Crippen LogP contribution is -2.28. The third-order valence-corrected chi connectivity index (χ3v) is 4.93. The average molecular weight is 312 g/mol. The SMILES string of the molecule is COc1c(CC2CCNCC2)cc(C)c(C)c1Br. The molecular weight excluding hydrogens is 290 g/mol. The minimum Gasteiger partial charge on any atom is -0.495 e. The van der Waals surface area contributed by atoms with Crippen LogP contribution in [0.4, 0.5) is 0 Å². The minimum atomic E-state index is 0.786. The van der Waals surface area contributed by atoms with E-state index in [1.807, 2.05) is 0 Å². The molecule has 100 valence electrons. The standard InChI is InChI=1S/C15H22BrNO/c1-10-8-13(9-12-4-6-17-7-5-12)15(18-3)14(16)11(10)2/h8,12,17H,4-7,9H2,1-3H3. The summed E-state index contributed by atoms with van der Waals surface area (Å²) in [5.74, 6) is 1.81. The molecule has 1 aromatic carbocycles. The van der Waals surface area contributed by atoms with Crippen molar-refractivity contribution >= 4 is 15.9 Å². The first kappa shape index (κ1) is 13.9. The second-order valence-electron chi connectivity index (χ2n) is 5.22. The Bertz CT molecular complexity index is 425. The maximum atomic E-state index is 5.59. The highest BCUT2D eigenvalue weighted by atomic mass is 79.9. The molecule has 18 heavy (non-hydrogen) atoms. The molecule has 0 aliphatic carbocycles. The highest BCUT2D eigenvalue weighted by Crippen LogP contribution is 2.36. The van der Waals surface area contributed by atoms with Crippen LogP contribution in [0.25, 0.3) is 0 Å². The summed E-state index contributed by atoms with van der Waals surface area (Å²) in [7, 11) is 1.76. The normalized spacial score (nSPS) is 16.9. The number of rotatable bonds is 3. The van der Waals surface area contributed by atoms with Gasteiger partial charge in [0.2, 0.25) is 0 Å². The molecule has 1 saturated heterocycles. The summed E-state index contributed by atoms with van der Waals surface area (Å²) in [6.07, 6.45) is 3.67. The van der Waals surface area contributed by atoms with Crippen LogP contribution in [0.5, 0.6) is 5.75 Å². The maximum absolute atomic E-state index is 5.59. The van der Waals surface area contributed by atoms with Gasteiger partial charge >= 0.3 is 0 Å². The van der Waals surface area contributed by atoms with Gasteiger partial charge in [-0.2, -0.15) is 0 Å². The summed E-state index contributed by atoms with van der Waals surface area (Å²) in [6, 6.07) is 2.29. The fourth-order valence-corrected chi connectivity index (χ4v) is 3.42. The van der Waals surface area contributed by atoms with Gasteiger partial charge in [-0.1, -0.05) is 6.07 Å². The number of hydrogen-bond acceptors (Lipinski definition) is 2. The molecule has 0 bridgehead atoms. The van der Waals surface area contributed by atoms with E-state index in [1.54, 1.807) is 7.11 Å². The zero-order valence-electron chi connectivity index (χ0n) is 11.5. The first-order chi connectivity index (χ1) is 8.63. The van der Waals surface area contributed by atoms with Gasteiger partial charge in [0, 0.05) is 0 Å². The minimum absolute atomic E-state index is 0.786. The van der Waals surface area contributed by atoms with Gasteiger partial charge in [-0.15, -0.1) is 0 Å². The topological polar surface area (TPSA) is 21.3 Å². The number of methoxy groups -OCH3 is 1. The quantitative estimate of drug-likeness (QED) is 0.920. The van der Waals surface area contributed by atoms with Gasteiger partial charge in [-0.25, -0.2) is 0 Å². The monoisotopic (exact) mass is 311 g/mol. The fraction of sp³-hybridized carbons (Fsp3) is 0.600. The zero-order chi connectivity index (χ0) is 13.1. The Morgan fingerprint density at radius 3 is 2.61 bits per heavy atom. The van der Waals surface area contributed by atoms with Crippen molar-refractivity contribution in [1.82, 2.24) is 5.32 Å². The summed E-state index contributed by atoms with van der Waals surface area (Å²) in [4.78, 5) is 0. The van der Waals surface area contributed by atoms with E-state index in [0.29, 0.717) is 0 Å². The summed E-state index contributed by atoms with van der Waals surface area (Å²) < 4.78 is 6.71. The van der Waals surface area contributed by atoms with Crippen LogP contribution in [0.15, 0.2) is 10.5 Å². The second-order valence-corrected chi connectivity index (χ2v) is 6.02. The van der Waals surface area contributed by atoms with Crippen molar-refractivity contribution in [2.75, 3.05) is 20.2 Å². The third-order valence-electron chi connectivity index (χ3n) is 3.97. The lowest BCUT2D eigenvalue weighted by molar-refractivity contribution is 0.360. The molecule has 0 atom stereocenters. The number of ether oxygens (including phenoxy) is 1. The zero-order valence-corrected chi connectivity index (χ0v) is 13.1. The van der Waals surface area contributed by atoms with E-state index in [2.05, 4.69) is 41.2 Å². The lowest BCUT2D eigenvalue weighted by Gasteiger charge is -2.24. The Labute approximate surface area is 118 Å². The smallest absolute Gasteiger partial charge is 0.136 e. The van der Waals surface area contributed by atoms with Gasteiger partial charge in [0.1, 0.15) is 5.75 Å². The van der Waals surface area contributed by atoms with Crippen LogP contribution in [0.2, 0.25) is 0 Å². The number of benzene rings is 1. The van der Waals surface area contributed by atoms with E-state index in [1.165, 1.54) is 29.5 Å². The predicted octanol–water partition coefficient (Wildman–Crippen LogP) is 3.62. The molecule has 0 aromatic heterocycles. The highest BCUT2D eigenvalue weighted by Gasteiger charge is 2.18. The van der Waals surface area contributed by atoms with Gasteiger partial charge in [0.15, 0.2) is 0 Å². The number of hydrogen-bond donors (Lipinski definition) is 1. The van der Waals surface area contributed by atoms with Crippen molar-refractivity contribution in [3.63, 3.8) is 0 Å². The Morgan fingerprint density at radius 1 is 1.33 bits per heavy atom. The van der Waals surface area contributed by atoms with Crippen LogP contribution in [0.1, 0.15) is 29.5 Å². The van der Waals surface area contributed by atoms with Crippen molar-refractivity contribution in [2.45, 2.75) is 33.1 Å². The van der Waals surface area contributed by atoms with Gasteiger partial charge in [0.05, 0.1) is 11.6 Å². The predicted molar refractivity (Wildman–Crippen MR) is 79.5 cm³/mol. The van der Waals surface area contributed by atoms with E-state index in [9.17, 15) is 0 Å². The molecule has 1 N–H and O–H groups in total. The molecule has 1 fully saturated rings. The fourth-order valence-electron chi connectivity index (χ4n) is 2.69. The maximum Gasteiger partial charge on any atom is 0.136 e. The molecule has 3 heteroatoms. The van der Waals surface area contributed by atoms with Crippen molar-refractivity contribution in [2.24, 2.45) is 5.92 Å². The van der Waals surface area contributed by atoms with Crippen LogP contribution in [-0.2, 0) is 6.42 Å². The molecule has 2 rings (SSSR count). The van der Waals surface area contributed by atoms with Crippen molar-refractivity contribution in [1.29, 1.82) is 0 Å². The average Bonchev–Trinajstić information content (AvgIpc) is 2.38. The van der Waals surface area contributed by atoms with E-state index in [0.717, 1.165) is 35.7 Å². The summed E-state index contributed by atoms with van der Waals surface area (Å²) >= 11 is 3.67. The molecule has 2 nitrogen and oxygen atoms in total. The van der Waals surface area contributed by atoms with E-state index in [4.69, 9.17) is 4.74 Å². The summed E-state index contributed by atoms with van der Waals surface area (Å²) in [5, 5.41) is 3.42. The first-order valence-electron chi connectivity index (χ1n) is 6.66. The Hall–Kier alpha value is -0.540. The lowest BCUT2D eigenvalue weighted by atomic mass is 9.89. The molecule has 0 amide bonds. The van der Waals surface area contributed by atoms with E-state index >= 15 is 0 Å². The Morgan fingerprint density at radius 2 is 2.00 bits per heavy atom. The molecule has 1 aliphatic rings. The summed E-state index contributed by atoms with van der Waals surface area (Å²) in [5.41, 5.74) is 3.96. The second kappa shape index (κ2) is 6.07. The van der Waals surface area contributed by atoms with Crippen LogP contribution in [0.3, 0.4) is 0 Å². The van der Waals surface area contributed by atoms with Gasteiger partial charge in [0.25, 0.3) is 0 Å². The van der Waals surface area contributed by atoms with E-state index in [-0.39, 0.29) is 0 Å². The molecule has 0 spiro atoms. The van der Waals surface area contributed by atoms with Crippen molar-refractivity contribution in [3.8, 4) is 5.75 Å². The molecule has 1 heterocycles. The third kappa shape index (κ3) is 2.89. The van der Waals surface area contributed by atoms with E-state index < -0.39 is 0 Å². The van der Waals surface area contributed by atoms with Crippen LogP contribution in [-0.4, -0.2) is 20.2 Å². The molecule has 0 saturated carbocycles. The van der Waals surface area contributed by atoms with Gasteiger partial charge < -0.3 is 10.1 Å². The van der Waals surface area contributed by atoms with Gasteiger partial charge in [-0.05, 0) is 84.7 Å². The van der Waals surface area contributed by atoms with Crippen molar-refractivity contribution in [3.05, 3.63) is 27.2 Å². The molecule has 1 aliphatic heterocycles. The van der Waals surface area contributed by atoms with Crippen LogP contribution in [0, 0.1) is 19.8 Å². The molecular formula is C15H22BrNO. The number of nitrogens with one attached hydrogen (secondary N) is 1. The Kier molecular flexibility index (Phi) is 4.68. The molecule has 0 unspecified atom stereocenters. The number of aryl methyl sites for hydroxylation is 1. The largest absolute Gasteiger partial charge is 0.495 e. The number of halogens is 1. The van der Waals surface area contributed by atoms with Gasteiger partial charge in [-0.3, -0.25) is 0 Å². The van der Waals surface area contributed by atoms with Crippen LogP contribution >= 0.6 is 15.9 Å². The highest BCUT2D eigenvalue weighted by molar-refractivity contribution is 9.10. The van der Waals surface area contributed by atoms with Crippen molar-refractivity contribution < 1.29 is 4.74 Å². The summed E-state index contributed by atoms with van der Waals surface area (Å²) in [6.45, 7) is 6.61.